The highest BCUT2D eigenvalue weighted by Gasteiger charge is 2.26. The molecule has 0 aliphatic carbocycles. The van der Waals surface area contributed by atoms with Gasteiger partial charge in [-0.15, -0.1) is 0 Å². The van der Waals surface area contributed by atoms with Crippen molar-refractivity contribution in [2.24, 2.45) is 0 Å². The maximum Gasteiger partial charge on any atom is 0.307 e. The Balaban J connectivity index is 2.01. The Labute approximate surface area is 182 Å². The van der Waals surface area contributed by atoms with Crippen molar-refractivity contribution in [2.75, 3.05) is 20.8 Å². The van der Waals surface area contributed by atoms with Gasteiger partial charge in [0, 0.05) is 10.8 Å². The van der Waals surface area contributed by atoms with Gasteiger partial charge in [0.15, 0.2) is 0 Å². The van der Waals surface area contributed by atoms with Crippen molar-refractivity contribution in [1.82, 2.24) is 4.72 Å². The summed E-state index contributed by atoms with van der Waals surface area (Å²) in [4.78, 5) is 12.3. The molecule has 0 heterocycles. The third-order valence-electron chi connectivity index (χ3n) is 4.85. The third kappa shape index (κ3) is 5.15. The van der Waals surface area contributed by atoms with Gasteiger partial charge in [-0.2, -0.15) is 0 Å². The first-order valence-electron chi connectivity index (χ1n) is 9.77. The van der Waals surface area contributed by atoms with E-state index in [1.54, 1.807) is 62.6 Å². The Morgan fingerprint density at radius 3 is 2.23 bits per heavy atom. The topological polar surface area (TPSA) is 90.9 Å². The average Bonchev–Trinajstić information content (AvgIpc) is 2.78. The van der Waals surface area contributed by atoms with Gasteiger partial charge in [-0.1, -0.05) is 36.4 Å². The van der Waals surface area contributed by atoms with E-state index < -0.39 is 22.0 Å². The Morgan fingerprint density at radius 2 is 1.61 bits per heavy atom. The molecule has 3 aromatic rings. The van der Waals surface area contributed by atoms with Crippen LogP contribution >= 0.6 is 0 Å². The fourth-order valence-corrected chi connectivity index (χ4v) is 4.79. The number of hydrogen-bond donors (Lipinski definition) is 1. The number of sulfonamides is 1. The summed E-state index contributed by atoms with van der Waals surface area (Å²) >= 11 is 0. The highest BCUT2D eigenvalue weighted by Crippen LogP contribution is 2.32. The van der Waals surface area contributed by atoms with E-state index >= 15 is 0 Å². The van der Waals surface area contributed by atoms with E-state index in [1.165, 1.54) is 13.2 Å². The van der Waals surface area contributed by atoms with Gasteiger partial charge in [0.1, 0.15) is 11.5 Å². The molecule has 1 N–H and O–H groups in total. The van der Waals surface area contributed by atoms with Gasteiger partial charge in [0.2, 0.25) is 10.0 Å². The Kier molecular flexibility index (Phi) is 7.14. The second kappa shape index (κ2) is 9.80. The number of esters is 1. The first-order valence-corrected chi connectivity index (χ1v) is 11.3. The number of benzene rings is 3. The molecule has 0 fully saturated rings. The van der Waals surface area contributed by atoms with E-state index in [0.29, 0.717) is 27.8 Å². The molecule has 1 unspecified atom stereocenters. The zero-order chi connectivity index (χ0) is 22.4. The summed E-state index contributed by atoms with van der Waals surface area (Å²) < 4.78 is 45.0. The monoisotopic (exact) mass is 443 g/mol. The van der Waals surface area contributed by atoms with Gasteiger partial charge < -0.3 is 14.2 Å². The Bertz CT molecular complexity index is 1160. The highest BCUT2D eigenvalue weighted by atomic mass is 32.2. The van der Waals surface area contributed by atoms with Crippen LogP contribution < -0.4 is 14.2 Å². The van der Waals surface area contributed by atoms with Crippen molar-refractivity contribution < 1.29 is 27.4 Å². The summed E-state index contributed by atoms with van der Waals surface area (Å²) in [7, 11) is -0.901. The van der Waals surface area contributed by atoms with E-state index in [4.69, 9.17) is 14.2 Å². The lowest BCUT2D eigenvalue weighted by molar-refractivity contribution is -0.143. The molecule has 0 radical (unpaired) electrons. The molecule has 0 amide bonds. The van der Waals surface area contributed by atoms with Crippen LogP contribution in [-0.2, 0) is 19.6 Å². The van der Waals surface area contributed by atoms with Crippen LogP contribution in [0.4, 0.5) is 0 Å². The molecule has 0 aliphatic heterocycles. The molecule has 3 rings (SSSR count). The molecule has 8 heteroatoms. The third-order valence-corrected chi connectivity index (χ3v) is 6.38. The number of fused-ring (bicyclic) bond motifs is 1. The molecule has 0 saturated carbocycles. The van der Waals surface area contributed by atoms with Crippen LogP contribution in [0.1, 0.15) is 24.9 Å². The SMILES string of the molecule is CCOC(=O)CC(NS(=O)(=O)c1ccc(OC)c2ccccc12)c1ccc(OC)cc1. The highest BCUT2D eigenvalue weighted by molar-refractivity contribution is 7.89. The van der Waals surface area contributed by atoms with Gasteiger partial charge in [-0.05, 0) is 36.8 Å². The van der Waals surface area contributed by atoms with Crippen molar-refractivity contribution in [3.05, 3.63) is 66.2 Å². The minimum atomic E-state index is -3.98. The molecule has 31 heavy (non-hydrogen) atoms. The zero-order valence-electron chi connectivity index (χ0n) is 17.6. The second-order valence-electron chi connectivity index (χ2n) is 6.77. The summed E-state index contributed by atoms with van der Waals surface area (Å²) in [6, 6.07) is 16.3. The summed E-state index contributed by atoms with van der Waals surface area (Å²) in [5.41, 5.74) is 0.621. The van der Waals surface area contributed by atoms with Crippen molar-refractivity contribution in [3.63, 3.8) is 0 Å². The minimum Gasteiger partial charge on any atom is -0.497 e. The Morgan fingerprint density at radius 1 is 0.935 bits per heavy atom. The molecular weight excluding hydrogens is 418 g/mol. The summed E-state index contributed by atoms with van der Waals surface area (Å²) in [5, 5.41) is 1.21. The van der Waals surface area contributed by atoms with Crippen molar-refractivity contribution >= 4 is 26.8 Å². The molecule has 0 bridgehead atoms. The maximum absolute atomic E-state index is 13.4. The smallest absolute Gasteiger partial charge is 0.307 e. The molecule has 164 valence electrons. The molecule has 0 aliphatic rings. The van der Waals surface area contributed by atoms with Crippen molar-refractivity contribution in [1.29, 1.82) is 0 Å². The number of nitrogens with one attached hydrogen (secondary N) is 1. The number of rotatable bonds is 9. The van der Waals surface area contributed by atoms with E-state index in [9.17, 15) is 13.2 Å². The summed E-state index contributed by atoms with van der Waals surface area (Å²) in [5.74, 6) is 0.709. The zero-order valence-corrected chi connectivity index (χ0v) is 18.4. The number of methoxy groups -OCH3 is 2. The van der Waals surface area contributed by atoms with Gasteiger partial charge in [0.25, 0.3) is 0 Å². The first-order chi connectivity index (χ1) is 14.9. The predicted molar refractivity (Wildman–Crippen MR) is 118 cm³/mol. The quantitative estimate of drug-likeness (QED) is 0.506. The van der Waals surface area contributed by atoms with Gasteiger partial charge in [-0.25, -0.2) is 13.1 Å². The van der Waals surface area contributed by atoms with E-state index in [2.05, 4.69) is 4.72 Å². The van der Waals surface area contributed by atoms with Gasteiger partial charge in [0.05, 0.1) is 38.2 Å². The average molecular weight is 444 g/mol. The summed E-state index contributed by atoms with van der Waals surface area (Å²) in [6.45, 7) is 1.91. The van der Waals surface area contributed by atoms with Crippen LogP contribution in [0, 0.1) is 0 Å². The van der Waals surface area contributed by atoms with Crippen molar-refractivity contribution in [3.8, 4) is 11.5 Å². The maximum atomic E-state index is 13.4. The van der Waals surface area contributed by atoms with Crippen LogP contribution in [-0.4, -0.2) is 35.2 Å². The minimum absolute atomic E-state index is 0.103. The molecule has 7 nitrogen and oxygen atoms in total. The first kappa shape index (κ1) is 22.6. The fourth-order valence-electron chi connectivity index (χ4n) is 3.36. The normalized spacial score (nSPS) is 12.4. The molecule has 0 aromatic heterocycles. The van der Waals surface area contributed by atoms with Crippen LogP contribution in [0.3, 0.4) is 0 Å². The second-order valence-corrected chi connectivity index (χ2v) is 8.45. The molecular formula is C23H25NO6S. The number of hydrogen-bond acceptors (Lipinski definition) is 6. The van der Waals surface area contributed by atoms with Crippen LogP contribution in [0.25, 0.3) is 10.8 Å². The lowest BCUT2D eigenvalue weighted by Crippen LogP contribution is -2.31. The predicted octanol–water partition coefficient (Wildman–Crippen LogP) is 3.83. The van der Waals surface area contributed by atoms with E-state index in [0.717, 1.165) is 0 Å². The van der Waals surface area contributed by atoms with E-state index in [-0.39, 0.29) is 17.9 Å². The number of ether oxygens (including phenoxy) is 3. The standard InChI is InChI=1S/C23H25NO6S/c1-4-30-23(25)15-20(16-9-11-17(28-2)12-10-16)24-31(26,27)22-14-13-21(29-3)18-7-5-6-8-19(18)22/h5-14,20,24H,4,15H2,1-3H3. The lowest BCUT2D eigenvalue weighted by atomic mass is 10.0. The van der Waals surface area contributed by atoms with Gasteiger partial charge in [-0.3, -0.25) is 4.79 Å². The van der Waals surface area contributed by atoms with Crippen molar-refractivity contribution in [2.45, 2.75) is 24.3 Å². The Hall–Kier alpha value is -3.10. The molecule has 0 spiro atoms. The fraction of sp³-hybridized carbons (Fsp3) is 0.261. The van der Waals surface area contributed by atoms with Crippen LogP contribution in [0.15, 0.2) is 65.6 Å². The number of carbonyl (C=O) groups is 1. The van der Waals surface area contributed by atoms with Crippen LogP contribution in [0.2, 0.25) is 0 Å². The van der Waals surface area contributed by atoms with E-state index in [1.807, 2.05) is 6.07 Å². The molecule has 1 atom stereocenters. The van der Waals surface area contributed by atoms with Gasteiger partial charge >= 0.3 is 5.97 Å². The largest absolute Gasteiger partial charge is 0.497 e. The van der Waals surface area contributed by atoms with Crippen LogP contribution in [0.5, 0.6) is 11.5 Å². The summed E-state index contributed by atoms with van der Waals surface area (Å²) in [6.07, 6.45) is -0.145. The molecule has 3 aromatic carbocycles. The lowest BCUT2D eigenvalue weighted by Gasteiger charge is -2.20. The molecule has 0 saturated heterocycles. The number of carbonyl (C=O) groups excluding carboxylic acids is 1.